The van der Waals surface area contributed by atoms with E-state index in [1.807, 2.05) is 6.08 Å². The topological polar surface area (TPSA) is 17.1 Å². The highest BCUT2D eigenvalue weighted by atomic mass is 16.1. The Kier molecular flexibility index (Phi) is 2.45. The monoisotopic (exact) mass is 148 g/mol. The Morgan fingerprint density at radius 2 is 2.36 bits per heavy atom. The van der Waals surface area contributed by atoms with Gasteiger partial charge in [0.15, 0.2) is 0 Å². The predicted octanol–water partition coefficient (Wildman–Crippen LogP) is 2.25. The number of hydrogen-bond donors (Lipinski definition) is 0. The summed E-state index contributed by atoms with van der Waals surface area (Å²) in [4.78, 5) is 10.7. The fourth-order valence-corrected chi connectivity index (χ4v) is 1.35. The van der Waals surface area contributed by atoms with Crippen molar-refractivity contribution >= 4 is 6.29 Å². The summed E-state index contributed by atoms with van der Waals surface area (Å²) >= 11 is 0. The van der Waals surface area contributed by atoms with E-state index in [9.17, 15) is 4.79 Å². The van der Waals surface area contributed by atoms with Crippen molar-refractivity contribution in [3.05, 3.63) is 30.5 Å². The van der Waals surface area contributed by atoms with Crippen LogP contribution in [0.5, 0.6) is 0 Å². The summed E-state index contributed by atoms with van der Waals surface area (Å²) in [5, 5.41) is 0. The van der Waals surface area contributed by atoms with E-state index in [-0.39, 0.29) is 5.41 Å². The Morgan fingerprint density at radius 1 is 1.55 bits per heavy atom. The molecule has 1 heteroatoms. The van der Waals surface area contributed by atoms with E-state index in [1.54, 1.807) is 6.08 Å². The minimum Gasteiger partial charge on any atom is -0.302 e. The molecule has 1 unspecified atom stereocenters. The molecule has 0 fully saturated rings. The maximum atomic E-state index is 10.7. The number of hydrogen-bond acceptors (Lipinski definition) is 1. The van der Waals surface area contributed by atoms with Crippen LogP contribution < -0.4 is 0 Å². The van der Waals surface area contributed by atoms with Gasteiger partial charge in [0.1, 0.15) is 6.29 Å². The molecule has 0 aromatic carbocycles. The van der Waals surface area contributed by atoms with Gasteiger partial charge in [-0.1, -0.05) is 18.7 Å². The molecule has 1 rings (SSSR count). The summed E-state index contributed by atoms with van der Waals surface area (Å²) in [6.07, 6.45) is 9.63. The average Bonchev–Trinajstić information content (AvgIpc) is 2.07. The third kappa shape index (κ3) is 1.69. The number of allylic oxidation sites excluding steroid dienone is 3. The summed E-state index contributed by atoms with van der Waals surface area (Å²) in [7, 11) is 0. The van der Waals surface area contributed by atoms with Crippen molar-refractivity contribution in [2.75, 3.05) is 0 Å². The maximum absolute atomic E-state index is 10.7. The molecule has 1 aliphatic carbocycles. The van der Waals surface area contributed by atoms with Crippen molar-refractivity contribution in [2.24, 2.45) is 5.41 Å². The van der Waals surface area contributed by atoms with Crippen LogP contribution in [0.2, 0.25) is 0 Å². The first-order valence-electron chi connectivity index (χ1n) is 3.81. The first-order valence-corrected chi connectivity index (χ1v) is 3.81. The lowest BCUT2D eigenvalue weighted by Gasteiger charge is -2.23. The largest absolute Gasteiger partial charge is 0.302 e. The minimum absolute atomic E-state index is 0.295. The van der Waals surface area contributed by atoms with Crippen LogP contribution in [0.25, 0.3) is 0 Å². The first-order chi connectivity index (χ1) is 5.33. The quantitative estimate of drug-likeness (QED) is 0.333. The van der Waals surface area contributed by atoms with E-state index in [0.29, 0.717) is 0 Å². The van der Waals surface area contributed by atoms with Gasteiger partial charge in [-0.2, -0.15) is 0 Å². The van der Waals surface area contributed by atoms with Crippen molar-refractivity contribution in [3.63, 3.8) is 0 Å². The van der Waals surface area contributed by atoms with E-state index in [0.717, 1.165) is 25.5 Å². The molecule has 0 saturated heterocycles. The van der Waals surface area contributed by atoms with Gasteiger partial charge in [-0.15, -0.1) is 5.73 Å². The first kappa shape index (κ1) is 8.03. The van der Waals surface area contributed by atoms with Gasteiger partial charge in [0.2, 0.25) is 0 Å². The molecule has 0 aromatic rings. The molecule has 58 valence electrons. The van der Waals surface area contributed by atoms with Crippen molar-refractivity contribution < 1.29 is 4.79 Å². The number of carbonyl (C=O) groups excluding carboxylic acids is 1. The van der Waals surface area contributed by atoms with E-state index in [1.165, 1.54) is 0 Å². The highest BCUT2D eigenvalue weighted by molar-refractivity contribution is 5.63. The molecule has 0 bridgehead atoms. The van der Waals surface area contributed by atoms with Crippen LogP contribution in [0.3, 0.4) is 0 Å². The van der Waals surface area contributed by atoms with Gasteiger partial charge in [0.05, 0.1) is 5.41 Å². The Labute approximate surface area is 67.1 Å². The number of carbonyl (C=O) groups is 1. The van der Waals surface area contributed by atoms with Crippen LogP contribution >= 0.6 is 0 Å². The zero-order valence-corrected chi connectivity index (χ0v) is 6.55. The highest BCUT2D eigenvalue weighted by Gasteiger charge is 2.26. The number of aldehydes is 1. The summed E-state index contributed by atoms with van der Waals surface area (Å²) in [5.41, 5.74) is 2.39. The Bertz CT molecular complexity index is 221. The van der Waals surface area contributed by atoms with Crippen LogP contribution in [-0.4, -0.2) is 6.29 Å². The van der Waals surface area contributed by atoms with Crippen molar-refractivity contribution in [2.45, 2.75) is 19.3 Å². The molecule has 0 heterocycles. The smallest absolute Gasteiger partial charge is 0.130 e. The van der Waals surface area contributed by atoms with E-state index < -0.39 is 0 Å². The summed E-state index contributed by atoms with van der Waals surface area (Å²) in [6, 6.07) is 0. The maximum Gasteiger partial charge on any atom is 0.130 e. The average molecular weight is 148 g/mol. The van der Waals surface area contributed by atoms with Gasteiger partial charge in [-0.3, -0.25) is 0 Å². The van der Waals surface area contributed by atoms with Gasteiger partial charge >= 0.3 is 0 Å². The Hall–Kier alpha value is -1.07. The standard InChI is InChI=1S/C10H12O/c1-2-6-10(9-11)7-4-3-5-8-10/h3-4,6,9H,1,5,7-8H2. The predicted molar refractivity (Wildman–Crippen MR) is 45.2 cm³/mol. The molecule has 0 N–H and O–H groups in total. The molecule has 0 spiro atoms. The van der Waals surface area contributed by atoms with Gasteiger partial charge in [-0.05, 0) is 25.3 Å². The fourth-order valence-electron chi connectivity index (χ4n) is 1.35. The summed E-state index contributed by atoms with van der Waals surface area (Å²) < 4.78 is 0. The van der Waals surface area contributed by atoms with E-state index in [4.69, 9.17) is 0 Å². The second-order valence-electron chi connectivity index (χ2n) is 2.91. The van der Waals surface area contributed by atoms with Crippen LogP contribution in [0.4, 0.5) is 0 Å². The SMILES string of the molecule is C=C=CC1(C=O)CC=CCC1. The molecule has 1 nitrogen and oxygen atoms in total. The lowest BCUT2D eigenvalue weighted by atomic mass is 9.78. The molecule has 0 aromatic heterocycles. The Balaban J connectivity index is 2.82. The normalized spacial score (nSPS) is 29.1. The van der Waals surface area contributed by atoms with Gasteiger partial charge in [0.25, 0.3) is 0 Å². The zero-order chi connectivity index (χ0) is 8.16. The van der Waals surface area contributed by atoms with Gasteiger partial charge < -0.3 is 4.79 Å². The molecular weight excluding hydrogens is 136 g/mol. The highest BCUT2D eigenvalue weighted by Crippen LogP contribution is 2.31. The molecule has 0 saturated carbocycles. The van der Waals surface area contributed by atoms with Crippen LogP contribution in [0, 0.1) is 5.41 Å². The molecule has 0 aliphatic heterocycles. The second-order valence-corrected chi connectivity index (χ2v) is 2.91. The third-order valence-corrected chi connectivity index (χ3v) is 2.07. The summed E-state index contributed by atoms with van der Waals surface area (Å²) in [6.45, 7) is 3.48. The van der Waals surface area contributed by atoms with Crippen LogP contribution in [0.1, 0.15) is 19.3 Å². The molecule has 0 radical (unpaired) electrons. The zero-order valence-electron chi connectivity index (χ0n) is 6.55. The van der Waals surface area contributed by atoms with Crippen LogP contribution in [-0.2, 0) is 4.79 Å². The van der Waals surface area contributed by atoms with Crippen LogP contribution in [0.15, 0.2) is 30.5 Å². The van der Waals surface area contributed by atoms with Gasteiger partial charge in [-0.25, -0.2) is 0 Å². The Morgan fingerprint density at radius 3 is 2.82 bits per heavy atom. The fraction of sp³-hybridized carbons (Fsp3) is 0.400. The molecule has 0 amide bonds. The van der Waals surface area contributed by atoms with E-state index in [2.05, 4.69) is 18.4 Å². The number of rotatable bonds is 2. The molecule has 1 aliphatic rings. The lowest BCUT2D eigenvalue weighted by molar-refractivity contribution is -0.114. The van der Waals surface area contributed by atoms with Gasteiger partial charge in [0, 0.05) is 0 Å². The molecule has 11 heavy (non-hydrogen) atoms. The third-order valence-electron chi connectivity index (χ3n) is 2.07. The van der Waals surface area contributed by atoms with Crippen molar-refractivity contribution in [1.29, 1.82) is 0 Å². The lowest BCUT2D eigenvalue weighted by Crippen LogP contribution is -2.20. The van der Waals surface area contributed by atoms with E-state index >= 15 is 0 Å². The summed E-state index contributed by atoms with van der Waals surface area (Å²) in [5.74, 6) is 0. The minimum atomic E-state index is -0.295. The van der Waals surface area contributed by atoms with Crippen molar-refractivity contribution in [3.8, 4) is 0 Å². The van der Waals surface area contributed by atoms with Crippen molar-refractivity contribution in [1.82, 2.24) is 0 Å². The molecule has 1 atom stereocenters. The molecular formula is C10H12O. The second kappa shape index (κ2) is 3.36.